The monoisotopic (exact) mass is 534 g/mol. The molecule has 2 atom stereocenters. The summed E-state index contributed by atoms with van der Waals surface area (Å²) in [6, 6.07) is 27.0. The van der Waals surface area contributed by atoms with Crippen LogP contribution in [0.25, 0.3) is 0 Å². The van der Waals surface area contributed by atoms with Crippen LogP contribution in [0.15, 0.2) is 78.9 Å². The van der Waals surface area contributed by atoms with Crippen LogP contribution in [0.1, 0.15) is 66.4 Å². The van der Waals surface area contributed by atoms with E-state index in [1.807, 2.05) is 36.4 Å². The molecule has 5 heteroatoms. The SMILES string of the molecule is CCC(N1CCC(c2ccccc2)CC1)[C@@]1(c2ccc(Cl)c(Cl)c2)CCCN(C(=O)c2ccccc2)C1. The normalized spacial score (nSPS) is 22.1. The summed E-state index contributed by atoms with van der Waals surface area (Å²) in [6.45, 7) is 5.89. The standard InChI is InChI=1S/C32H36Cl2N2O/c1-2-30(35-20-16-25(17-21-35)24-10-5-3-6-11-24)32(27-14-15-28(33)29(34)22-27)18-9-19-36(23-32)31(37)26-12-7-4-8-13-26/h3-8,10-15,22,25,30H,2,9,16-21,23H2,1H3/t30?,32-/m0/s1. The second-order valence-corrected chi connectivity index (χ2v) is 11.4. The van der Waals surface area contributed by atoms with Gasteiger partial charge in [0.15, 0.2) is 0 Å². The lowest BCUT2D eigenvalue weighted by Crippen LogP contribution is -2.60. The van der Waals surface area contributed by atoms with Crippen LogP contribution in [0.5, 0.6) is 0 Å². The molecular formula is C32H36Cl2N2O. The summed E-state index contributed by atoms with van der Waals surface area (Å²) in [7, 11) is 0. The Hall–Kier alpha value is -2.33. The highest BCUT2D eigenvalue weighted by Crippen LogP contribution is 2.44. The highest BCUT2D eigenvalue weighted by molar-refractivity contribution is 6.42. The van der Waals surface area contributed by atoms with Crippen LogP contribution in [0.4, 0.5) is 0 Å². The zero-order valence-electron chi connectivity index (χ0n) is 21.6. The number of piperidine rings is 2. The van der Waals surface area contributed by atoms with Gasteiger partial charge in [-0.3, -0.25) is 9.69 Å². The minimum absolute atomic E-state index is 0.113. The van der Waals surface area contributed by atoms with Crippen LogP contribution in [0.3, 0.4) is 0 Å². The van der Waals surface area contributed by atoms with Gasteiger partial charge in [0.25, 0.3) is 5.91 Å². The van der Waals surface area contributed by atoms with E-state index in [-0.39, 0.29) is 11.3 Å². The average Bonchev–Trinajstić information content (AvgIpc) is 2.96. The molecule has 2 fully saturated rings. The van der Waals surface area contributed by atoms with Crippen molar-refractivity contribution in [3.8, 4) is 0 Å². The van der Waals surface area contributed by atoms with Crippen molar-refractivity contribution in [1.29, 1.82) is 0 Å². The Balaban J connectivity index is 1.46. The first-order valence-electron chi connectivity index (χ1n) is 13.6. The van der Waals surface area contributed by atoms with E-state index in [9.17, 15) is 4.79 Å². The summed E-state index contributed by atoms with van der Waals surface area (Å²) in [4.78, 5) is 18.4. The Kier molecular flexibility index (Phi) is 8.24. The molecule has 2 saturated heterocycles. The molecule has 37 heavy (non-hydrogen) atoms. The van der Waals surface area contributed by atoms with E-state index in [0.717, 1.165) is 57.3 Å². The highest BCUT2D eigenvalue weighted by atomic mass is 35.5. The highest BCUT2D eigenvalue weighted by Gasteiger charge is 2.47. The number of benzene rings is 3. The quantitative estimate of drug-likeness (QED) is 0.321. The predicted molar refractivity (Wildman–Crippen MR) is 154 cm³/mol. The summed E-state index contributed by atoms with van der Waals surface area (Å²) < 4.78 is 0. The minimum Gasteiger partial charge on any atom is -0.338 e. The Bertz CT molecular complexity index is 1190. The molecule has 0 radical (unpaired) electrons. The molecule has 1 amide bonds. The van der Waals surface area contributed by atoms with Crippen LogP contribution >= 0.6 is 23.2 Å². The van der Waals surface area contributed by atoms with Crippen molar-refractivity contribution < 1.29 is 4.79 Å². The summed E-state index contributed by atoms with van der Waals surface area (Å²) in [5.74, 6) is 0.723. The third kappa shape index (κ3) is 5.46. The first kappa shape index (κ1) is 26.3. The minimum atomic E-state index is -0.203. The summed E-state index contributed by atoms with van der Waals surface area (Å²) in [6.07, 6.45) is 5.33. The fourth-order valence-electron chi connectivity index (χ4n) is 6.79. The Morgan fingerprint density at radius 2 is 1.59 bits per heavy atom. The van der Waals surface area contributed by atoms with Gasteiger partial charge in [-0.15, -0.1) is 0 Å². The number of carbonyl (C=O) groups is 1. The molecule has 0 aromatic heterocycles. The van der Waals surface area contributed by atoms with E-state index in [2.05, 4.69) is 59.2 Å². The lowest BCUT2D eigenvalue weighted by atomic mass is 9.66. The van der Waals surface area contributed by atoms with Crippen LogP contribution < -0.4 is 0 Å². The maximum absolute atomic E-state index is 13.6. The topological polar surface area (TPSA) is 23.6 Å². The van der Waals surface area contributed by atoms with Crippen molar-refractivity contribution in [2.45, 2.75) is 56.4 Å². The van der Waals surface area contributed by atoms with Gasteiger partial charge >= 0.3 is 0 Å². The number of carbonyl (C=O) groups excluding carboxylic acids is 1. The van der Waals surface area contributed by atoms with Crippen LogP contribution in [0.2, 0.25) is 10.0 Å². The lowest BCUT2D eigenvalue weighted by Gasteiger charge is -2.52. The van der Waals surface area contributed by atoms with Gasteiger partial charge in [0, 0.05) is 30.1 Å². The predicted octanol–water partition coefficient (Wildman–Crippen LogP) is 7.83. The third-order valence-corrected chi connectivity index (χ3v) is 9.33. The average molecular weight is 536 g/mol. The van der Waals surface area contributed by atoms with E-state index in [0.29, 0.717) is 28.5 Å². The van der Waals surface area contributed by atoms with Gasteiger partial charge in [0.1, 0.15) is 0 Å². The van der Waals surface area contributed by atoms with Gasteiger partial charge in [-0.1, -0.05) is 84.7 Å². The molecule has 0 aliphatic carbocycles. The summed E-state index contributed by atoms with van der Waals surface area (Å²) >= 11 is 12.9. The van der Waals surface area contributed by atoms with E-state index in [4.69, 9.17) is 23.2 Å². The Morgan fingerprint density at radius 3 is 2.24 bits per heavy atom. The van der Waals surface area contributed by atoms with Crippen LogP contribution in [0, 0.1) is 0 Å². The molecule has 0 spiro atoms. The molecule has 0 saturated carbocycles. The molecule has 1 unspecified atom stereocenters. The summed E-state index contributed by atoms with van der Waals surface area (Å²) in [5, 5.41) is 1.16. The van der Waals surface area contributed by atoms with Crippen molar-refractivity contribution in [2.24, 2.45) is 0 Å². The molecule has 2 heterocycles. The maximum atomic E-state index is 13.6. The van der Waals surface area contributed by atoms with E-state index in [1.165, 1.54) is 11.1 Å². The van der Waals surface area contributed by atoms with E-state index < -0.39 is 0 Å². The number of halogens is 2. The van der Waals surface area contributed by atoms with Crippen molar-refractivity contribution in [3.63, 3.8) is 0 Å². The largest absolute Gasteiger partial charge is 0.338 e. The zero-order chi connectivity index (χ0) is 25.8. The van der Waals surface area contributed by atoms with Gasteiger partial charge in [0.05, 0.1) is 10.0 Å². The molecule has 194 valence electrons. The maximum Gasteiger partial charge on any atom is 0.253 e. The number of hydrogen-bond donors (Lipinski definition) is 0. The number of likely N-dealkylation sites (tertiary alicyclic amines) is 2. The molecule has 0 bridgehead atoms. The number of rotatable bonds is 6. The van der Waals surface area contributed by atoms with Gasteiger partial charge in [0.2, 0.25) is 0 Å². The Morgan fingerprint density at radius 1 is 0.919 bits per heavy atom. The Labute approximate surface area is 231 Å². The smallest absolute Gasteiger partial charge is 0.253 e. The zero-order valence-corrected chi connectivity index (χ0v) is 23.1. The molecule has 3 aromatic rings. The fourth-order valence-corrected chi connectivity index (χ4v) is 7.09. The second-order valence-electron chi connectivity index (χ2n) is 10.6. The molecule has 5 rings (SSSR count). The van der Waals surface area contributed by atoms with Crippen LogP contribution in [-0.4, -0.2) is 47.9 Å². The lowest BCUT2D eigenvalue weighted by molar-refractivity contribution is 0.0291. The molecule has 2 aliphatic heterocycles. The van der Waals surface area contributed by atoms with Gasteiger partial charge < -0.3 is 4.90 Å². The first-order valence-corrected chi connectivity index (χ1v) is 14.4. The third-order valence-electron chi connectivity index (χ3n) is 8.59. The van der Waals surface area contributed by atoms with Crippen molar-refractivity contribution >= 4 is 29.1 Å². The van der Waals surface area contributed by atoms with Crippen molar-refractivity contribution in [3.05, 3.63) is 106 Å². The second kappa shape index (κ2) is 11.6. The number of nitrogens with zero attached hydrogens (tertiary/aromatic N) is 2. The number of amides is 1. The first-order chi connectivity index (χ1) is 18.0. The molecule has 3 nitrogen and oxygen atoms in total. The molecule has 0 N–H and O–H groups in total. The number of hydrogen-bond acceptors (Lipinski definition) is 2. The van der Waals surface area contributed by atoms with Gasteiger partial charge in [-0.2, -0.15) is 0 Å². The fraction of sp³-hybridized carbons (Fsp3) is 0.406. The van der Waals surface area contributed by atoms with Crippen molar-refractivity contribution in [2.75, 3.05) is 26.2 Å². The van der Waals surface area contributed by atoms with Crippen LogP contribution in [-0.2, 0) is 5.41 Å². The molecule has 2 aliphatic rings. The molecular weight excluding hydrogens is 499 g/mol. The van der Waals surface area contributed by atoms with E-state index >= 15 is 0 Å². The summed E-state index contributed by atoms with van der Waals surface area (Å²) in [5.41, 5.74) is 3.20. The van der Waals surface area contributed by atoms with Crippen molar-refractivity contribution in [1.82, 2.24) is 9.80 Å². The van der Waals surface area contributed by atoms with Gasteiger partial charge in [-0.25, -0.2) is 0 Å². The van der Waals surface area contributed by atoms with Gasteiger partial charge in [-0.05, 0) is 86.5 Å². The molecule has 3 aromatic carbocycles. The van der Waals surface area contributed by atoms with E-state index in [1.54, 1.807) is 0 Å².